The number of carbonyl (C=O) groups is 1. The molecule has 0 radical (unpaired) electrons. The summed E-state index contributed by atoms with van der Waals surface area (Å²) in [5, 5.41) is 0. The number of piperidine rings is 1. The summed E-state index contributed by atoms with van der Waals surface area (Å²) in [6, 6.07) is 0. The number of likely N-dealkylation sites (tertiary alicyclic amines) is 1. The number of nitrogens with zero attached hydrogens (tertiary/aromatic N) is 1. The Bertz CT molecular complexity index is 219. The van der Waals surface area contributed by atoms with E-state index in [1.54, 1.807) is 0 Å². The van der Waals surface area contributed by atoms with Crippen LogP contribution in [0.25, 0.3) is 0 Å². The Morgan fingerprint density at radius 2 is 1.85 bits per heavy atom. The van der Waals surface area contributed by atoms with E-state index in [2.05, 4.69) is 25.7 Å². The summed E-state index contributed by atoms with van der Waals surface area (Å²) in [5.41, 5.74) is 0.143. The molecule has 0 aromatic rings. The fourth-order valence-electron chi connectivity index (χ4n) is 2.17. The van der Waals surface area contributed by atoms with Gasteiger partial charge in [-0.1, -0.05) is 20.8 Å². The first-order valence-electron chi connectivity index (χ1n) is 5.23. The van der Waals surface area contributed by atoms with Gasteiger partial charge in [0.25, 0.3) is 0 Å². The summed E-state index contributed by atoms with van der Waals surface area (Å²) in [5.74, 6) is 2.09. The smallest absolute Gasteiger partial charge is 0.223 e. The van der Waals surface area contributed by atoms with Gasteiger partial charge in [-0.2, -0.15) is 0 Å². The molecular weight excluding hydrogens is 162 g/mol. The largest absolute Gasteiger partial charge is 0.342 e. The number of rotatable bonds is 1. The predicted octanol–water partition coefficient (Wildman–Crippen LogP) is 1.90. The van der Waals surface area contributed by atoms with Crippen LogP contribution >= 0.6 is 0 Å². The summed E-state index contributed by atoms with van der Waals surface area (Å²) in [6.45, 7) is 8.46. The maximum atomic E-state index is 11.8. The van der Waals surface area contributed by atoms with Crippen LogP contribution in [0.5, 0.6) is 0 Å². The minimum atomic E-state index is 0.143. The van der Waals surface area contributed by atoms with E-state index >= 15 is 0 Å². The number of amides is 1. The molecule has 2 unspecified atom stereocenters. The second-order valence-electron chi connectivity index (χ2n) is 5.79. The van der Waals surface area contributed by atoms with Crippen LogP contribution in [-0.2, 0) is 4.79 Å². The molecule has 1 aliphatic heterocycles. The van der Waals surface area contributed by atoms with Gasteiger partial charge in [0, 0.05) is 19.5 Å². The zero-order valence-corrected chi connectivity index (χ0v) is 8.84. The molecule has 2 atom stereocenters. The van der Waals surface area contributed by atoms with Crippen molar-refractivity contribution < 1.29 is 4.79 Å². The van der Waals surface area contributed by atoms with E-state index in [-0.39, 0.29) is 5.41 Å². The van der Waals surface area contributed by atoms with E-state index in [1.807, 2.05) is 0 Å². The van der Waals surface area contributed by atoms with Crippen LogP contribution in [0.1, 0.15) is 33.6 Å². The lowest BCUT2D eigenvalue weighted by Gasteiger charge is -2.23. The monoisotopic (exact) mass is 181 g/mol. The molecule has 0 bridgehead atoms. The third-order valence-electron chi connectivity index (χ3n) is 3.01. The van der Waals surface area contributed by atoms with Crippen molar-refractivity contribution in [3.63, 3.8) is 0 Å². The lowest BCUT2D eigenvalue weighted by Crippen LogP contribution is -2.32. The highest BCUT2D eigenvalue weighted by atomic mass is 16.2. The molecule has 2 rings (SSSR count). The molecule has 13 heavy (non-hydrogen) atoms. The summed E-state index contributed by atoms with van der Waals surface area (Å²) < 4.78 is 0. The molecule has 0 aromatic heterocycles. The highest BCUT2D eigenvalue weighted by Crippen LogP contribution is 2.45. The molecule has 1 heterocycles. The molecule has 2 heteroatoms. The van der Waals surface area contributed by atoms with Gasteiger partial charge in [0.2, 0.25) is 5.91 Å². The fraction of sp³-hybridized carbons (Fsp3) is 0.909. The zero-order valence-electron chi connectivity index (χ0n) is 8.84. The summed E-state index contributed by atoms with van der Waals surface area (Å²) >= 11 is 0. The zero-order chi connectivity index (χ0) is 9.64. The Morgan fingerprint density at radius 1 is 1.31 bits per heavy atom. The summed E-state index contributed by atoms with van der Waals surface area (Å²) in [6.07, 6.45) is 2.08. The van der Waals surface area contributed by atoms with Crippen LogP contribution in [0, 0.1) is 17.3 Å². The van der Waals surface area contributed by atoms with Crippen molar-refractivity contribution in [3.05, 3.63) is 0 Å². The minimum absolute atomic E-state index is 0.143. The van der Waals surface area contributed by atoms with Gasteiger partial charge in [0.1, 0.15) is 0 Å². The average molecular weight is 181 g/mol. The lowest BCUT2D eigenvalue weighted by atomic mass is 9.91. The molecule has 2 nitrogen and oxygen atoms in total. The van der Waals surface area contributed by atoms with Crippen molar-refractivity contribution in [1.82, 2.24) is 4.90 Å². The maximum absolute atomic E-state index is 11.8. The fourth-order valence-corrected chi connectivity index (χ4v) is 2.17. The number of hydrogen-bond donors (Lipinski definition) is 0. The molecule has 1 amide bonds. The predicted molar refractivity (Wildman–Crippen MR) is 52.2 cm³/mol. The van der Waals surface area contributed by atoms with E-state index in [4.69, 9.17) is 0 Å². The van der Waals surface area contributed by atoms with Gasteiger partial charge in [0.15, 0.2) is 0 Å². The number of fused-ring (bicyclic) bond motifs is 1. The Kier molecular flexibility index (Phi) is 1.90. The normalized spacial score (nSPS) is 31.8. The second-order valence-corrected chi connectivity index (χ2v) is 5.79. The van der Waals surface area contributed by atoms with E-state index in [9.17, 15) is 4.79 Å². The maximum Gasteiger partial charge on any atom is 0.223 e. The highest BCUT2D eigenvalue weighted by molar-refractivity contribution is 5.77. The van der Waals surface area contributed by atoms with Crippen molar-refractivity contribution in [2.24, 2.45) is 17.3 Å². The van der Waals surface area contributed by atoms with E-state index in [0.717, 1.165) is 24.9 Å². The molecule has 1 saturated carbocycles. The van der Waals surface area contributed by atoms with E-state index in [0.29, 0.717) is 12.3 Å². The molecule has 2 aliphatic rings. The molecule has 2 fully saturated rings. The minimum Gasteiger partial charge on any atom is -0.342 e. The third-order valence-corrected chi connectivity index (χ3v) is 3.01. The molecule has 1 aliphatic carbocycles. The topological polar surface area (TPSA) is 20.3 Å². The number of carbonyl (C=O) groups excluding carboxylic acids is 1. The van der Waals surface area contributed by atoms with Crippen LogP contribution in [0.15, 0.2) is 0 Å². The van der Waals surface area contributed by atoms with Gasteiger partial charge in [-0.3, -0.25) is 4.79 Å². The van der Waals surface area contributed by atoms with Gasteiger partial charge in [-0.15, -0.1) is 0 Å². The standard InChI is InChI=1S/C11H19NO/c1-11(2,3)5-10(13)12-6-8-4-9(8)7-12/h8-9H,4-7H2,1-3H3. The summed E-state index contributed by atoms with van der Waals surface area (Å²) in [7, 11) is 0. The van der Waals surface area contributed by atoms with Crippen molar-refractivity contribution in [1.29, 1.82) is 0 Å². The average Bonchev–Trinajstić information content (AvgIpc) is 2.55. The second kappa shape index (κ2) is 2.73. The first-order chi connectivity index (χ1) is 5.96. The Hall–Kier alpha value is -0.530. The highest BCUT2D eigenvalue weighted by Gasteiger charge is 2.46. The molecule has 0 N–H and O–H groups in total. The van der Waals surface area contributed by atoms with Crippen molar-refractivity contribution in [3.8, 4) is 0 Å². The Labute approximate surface area is 80.3 Å². The van der Waals surface area contributed by atoms with Crippen LogP contribution in [-0.4, -0.2) is 23.9 Å². The van der Waals surface area contributed by atoms with Crippen molar-refractivity contribution in [2.75, 3.05) is 13.1 Å². The Balaban J connectivity index is 1.84. The quantitative estimate of drug-likeness (QED) is 0.605. The van der Waals surface area contributed by atoms with Gasteiger partial charge in [0.05, 0.1) is 0 Å². The summed E-state index contributed by atoms with van der Waals surface area (Å²) in [4.78, 5) is 13.8. The first-order valence-corrected chi connectivity index (χ1v) is 5.23. The van der Waals surface area contributed by atoms with Crippen LogP contribution < -0.4 is 0 Å². The Morgan fingerprint density at radius 3 is 2.31 bits per heavy atom. The van der Waals surface area contributed by atoms with Gasteiger partial charge in [-0.25, -0.2) is 0 Å². The van der Waals surface area contributed by atoms with Crippen molar-refractivity contribution in [2.45, 2.75) is 33.6 Å². The van der Waals surface area contributed by atoms with Crippen molar-refractivity contribution >= 4 is 5.91 Å². The van der Waals surface area contributed by atoms with E-state index < -0.39 is 0 Å². The molecular formula is C11H19NO. The molecule has 74 valence electrons. The van der Waals surface area contributed by atoms with Crippen LogP contribution in [0.2, 0.25) is 0 Å². The first kappa shape index (κ1) is 9.04. The SMILES string of the molecule is CC(C)(C)CC(=O)N1CC2CC2C1. The van der Waals surface area contributed by atoms with Gasteiger partial charge >= 0.3 is 0 Å². The molecule has 1 saturated heterocycles. The molecule has 0 aromatic carbocycles. The van der Waals surface area contributed by atoms with E-state index in [1.165, 1.54) is 6.42 Å². The third kappa shape index (κ3) is 2.04. The number of hydrogen-bond acceptors (Lipinski definition) is 1. The van der Waals surface area contributed by atoms with Crippen LogP contribution in [0.4, 0.5) is 0 Å². The van der Waals surface area contributed by atoms with Gasteiger partial charge < -0.3 is 4.90 Å². The van der Waals surface area contributed by atoms with Gasteiger partial charge in [-0.05, 0) is 23.7 Å². The lowest BCUT2D eigenvalue weighted by molar-refractivity contribution is -0.132. The van der Waals surface area contributed by atoms with Crippen LogP contribution in [0.3, 0.4) is 0 Å². The molecule has 0 spiro atoms.